The molecule has 3 nitrogen and oxygen atoms in total. The molecular formula is C8H16INO2. The minimum Gasteiger partial charge on any atom is -0.462 e. The van der Waals surface area contributed by atoms with Crippen molar-refractivity contribution in [1.82, 2.24) is 5.32 Å². The van der Waals surface area contributed by atoms with Gasteiger partial charge in [-0.05, 0) is 20.8 Å². The molecule has 4 heteroatoms. The van der Waals surface area contributed by atoms with E-state index in [1.807, 2.05) is 20.8 Å². The van der Waals surface area contributed by atoms with Crippen LogP contribution < -0.4 is 5.32 Å². The molecule has 12 heavy (non-hydrogen) atoms. The van der Waals surface area contributed by atoms with Gasteiger partial charge in [0.05, 0.1) is 0 Å². The molecule has 1 aliphatic heterocycles. The predicted octanol–water partition coefficient (Wildman–Crippen LogP) is 1.35. The lowest BCUT2D eigenvalue weighted by molar-refractivity contribution is -0.138. The minimum absolute atomic E-state index is 0.318. The van der Waals surface area contributed by atoms with E-state index in [9.17, 15) is 4.79 Å². The second-order valence-electron chi connectivity index (χ2n) is 3.58. The molecule has 0 saturated carbocycles. The van der Waals surface area contributed by atoms with Crippen molar-refractivity contribution in [3.63, 3.8) is 0 Å². The van der Waals surface area contributed by atoms with Crippen molar-refractivity contribution >= 4 is 29.1 Å². The van der Waals surface area contributed by atoms with Gasteiger partial charge in [0.15, 0.2) is 0 Å². The van der Waals surface area contributed by atoms with Crippen LogP contribution in [0.5, 0.6) is 0 Å². The summed E-state index contributed by atoms with van der Waals surface area (Å²) in [7, 11) is 0. The summed E-state index contributed by atoms with van der Waals surface area (Å²) < 4.78 is 5.47. The quantitative estimate of drug-likeness (QED) is 0.449. The second kappa shape index (κ2) is 5.75. The summed E-state index contributed by atoms with van der Waals surface area (Å²) >= 11 is 2.43. The van der Waals surface area contributed by atoms with E-state index >= 15 is 0 Å². The van der Waals surface area contributed by atoms with Gasteiger partial charge in [0, 0.05) is 17.0 Å². The van der Waals surface area contributed by atoms with Gasteiger partial charge < -0.3 is 10.1 Å². The van der Waals surface area contributed by atoms with E-state index in [1.54, 1.807) is 0 Å². The van der Waals surface area contributed by atoms with E-state index in [1.165, 1.54) is 13.1 Å². The highest BCUT2D eigenvalue weighted by molar-refractivity contribution is 14.1. The van der Waals surface area contributed by atoms with Crippen LogP contribution in [0.25, 0.3) is 0 Å². The van der Waals surface area contributed by atoms with E-state index in [0.29, 0.717) is 6.47 Å². The molecule has 0 aromatic heterocycles. The van der Waals surface area contributed by atoms with E-state index in [4.69, 9.17) is 0 Å². The largest absolute Gasteiger partial charge is 0.462 e. The molecule has 72 valence electrons. The van der Waals surface area contributed by atoms with Gasteiger partial charge in [-0.1, -0.05) is 22.6 Å². The highest BCUT2D eigenvalue weighted by atomic mass is 127. The lowest BCUT2D eigenvalue weighted by atomic mass is 10.2. The molecule has 0 bridgehead atoms. The van der Waals surface area contributed by atoms with E-state index in [0.717, 1.165) is 3.92 Å². The Balaban J connectivity index is 0.000000211. The first-order valence-electron chi connectivity index (χ1n) is 3.92. The third-order valence-electron chi connectivity index (χ3n) is 1.13. The SMILES string of the molecule is CC(C)(C)OC=O.IC1CNC1. The van der Waals surface area contributed by atoms with E-state index in [2.05, 4.69) is 32.6 Å². The number of halogens is 1. The Kier molecular flexibility index (Phi) is 5.82. The molecule has 1 heterocycles. The Morgan fingerprint density at radius 1 is 1.50 bits per heavy atom. The zero-order chi connectivity index (χ0) is 9.61. The van der Waals surface area contributed by atoms with Crippen LogP contribution in [0.1, 0.15) is 20.8 Å². The number of ether oxygens (including phenoxy) is 1. The molecule has 0 spiro atoms. The van der Waals surface area contributed by atoms with Crippen LogP contribution >= 0.6 is 22.6 Å². The van der Waals surface area contributed by atoms with Gasteiger partial charge in [0.25, 0.3) is 6.47 Å². The smallest absolute Gasteiger partial charge is 0.293 e. The number of carbonyl (C=O) groups excluding carboxylic acids is 1. The van der Waals surface area contributed by atoms with Crippen molar-refractivity contribution in [2.45, 2.75) is 30.3 Å². The van der Waals surface area contributed by atoms with Crippen molar-refractivity contribution in [2.24, 2.45) is 0 Å². The van der Waals surface area contributed by atoms with Gasteiger partial charge in [0.1, 0.15) is 5.60 Å². The average molecular weight is 285 g/mol. The second-order valence-corrected chi connectivity index (χ2v) is 5.34. The van der Waals surface area contributed by atoms with Crippen molar-refractivity contribution in [2.75, 3.05) is 13.1 Å². The molecule has 1 N–H and O–H groups in total. The number of hydrogen-bond donors (Lipinski definition) is 1. The molecule has 0 aliphatic carbocycles. The zero-order valence-electron chi connectivity index (χ0n) is 7.76. The van der Waals surface area contributed by atoms with Gasteiger partial charge in [-0.25, -0.2) is 0 Å². The fourth-order valence-corrected chi connectivity index (χ4v) is 1.02. The van der Waals surface area contributed by atoms with Crippen LogP contribution in [0.3, 0.4) is 0 Å². The van der Waals surface area contributed by atoms with Gasteiger partial charge in [0.2, 0.25) is 0 Å². The molecule has 1 saturated heterocycles. The first-order chi connectivity index (χ1) is 5.45. The van der Waals surface area contributed by atoms with Crippen molar-refractivity contribution in [3.8, 4) is 0 Å². The standard InChI is InChI=1S/C5H10O2.C3H6IN/c1-5(2,3)7-4-6;4-3-1-5-2-3/h4H,1-3H3;3,5H,1-2H2. The fourth-order valence-electron chi connectivity index (χ4n) is 0.398. The highest BCUT2D eigenvalue weighted by Crippen LogP contribution is 2.03. The molecule has 0 aromatic rings. The summed E-state index contributed by atoms with van der Waals surface area (Å²) in [6, 6.07) is 0. The number of rotatable bonds is 1. The summed E-state index contributed by atoms with van der Waals surface area (Å²) in [5, 5.41) is 3.15. The van der Waals surface area contributed by atoms with Crippen LogP contribution in [0.4, 0.5) is 0 Å². The normalized spacial score (nSPS) is 17.0. The number of carbonyl (C=O) groups is 1. The maximum atomic E-state index is 9.60. The van der Waals surface area contributed by atoms with Crippen molar-refractivity contribution in [1.29, 1.82) is 0 Å². The predicted molar refractivity (Wildman–Crippen MR) is 57.6 cm³/mol. The van der Waals surface area contributed by atoms with Crippen LogP contribution in [-0.4, -0.2) is 29.1 Å². The minimum atomic E-state index is -0.318. The average Bonchev–Trinajstić information content (AvgIpc) is 1.82. The lowest BCUT2D eigenvalue weighted by Crippen LogP contribution is -2.42. The fraction of sp³-hybridized carbons (Fsp3) is 0.875. The third kappa shape index (κ3) is 8.26. The topological polar surface area (TPSA) is 38.3 Å². The Hall–Kier alpha value is 0.160. The Morgan fingerprint density at radius 3 is 1.92 bits per heavy atom. The summed E-state index contributed by atoms with van der Waals surface area (Å²) in [5.41, 5.74) is -0.318. The summed E-state index contributed by atoms with van der Waals surface area (Å²) in [6.07, 6.45) is 0. The zero-order valence-corrected chi connectivity index (χ0v) is 9.92. The van der Waals surface area contributed by atoms with Crippen LogP contribution in [0.15, 0.2) is 0 Å². The van der Waals surface area contributed by atoms with Crippen molar-refractivity contribution in [3.05, 3.63) is 0 Å². The maximum Gasteiger partial charge on any atom is 0.293 e. The van der Waals surface area contributed by atoms with E-state index < -0.39 is 0 Å². The van der Waals surface area contributed by atoms with Gasteiger partial charge in [-0.3, -0.25) is 4.79 Å². The van der Waals surface area contributed by atoms with Gasteiger partial charge in [-0.15, -0.1) is 0 Å². The summed E-state index contributed by atoms with van der Waals surface area (Å²) in [5.74, 6) is 0. The van der Waals surface area contributed by atoms with Gasteiger partial charge >= 0.3 is 0 Å². The van der Waals surface area contributed by atoms with Gasteiger partial charge in [-0.2, -0.15) is 0 Å². The molecule has 1 fully saturated rings. The monoisotopic (exact) mass is 285 g/mol. The number of nitrogens with one attached hydrogen (secondary N) is 1. The Bertz CT molecular complexity index is 130. The molecule has 1 rings (SSSR count). The number of hydrogen-bond acceptors (Lipinski definition) is 3. The molecule has 1 aliphatic rings. The van der Waals surface area contributed by atoms with Crippen LogP contribution in [0, 0.1) is 0 Å². The molecule has 0 atom stereocenters. The lowest BCUT2D eigenvalue weighted by Gasteiger charge is -2.19. The highest BCUT2D eigenvalue weighted by Gasteiger charge is 2.09. The Labute approximate surface area is 87.4 Å². The van der Waals surface area contributed by atoms with Crippen molar-refractivity contribution < 1.29 is 9.53 Å². The first-order valence-corrected chi connectivity index (χ1v) is 5.16. The first kappa shape index (κ1) is 12.2. The molecule has 0 aromatic carbocycles. The Morgan fingerprint density at radius 2 is 1.92 bits per heavy atom. The third-order valence-corrected chi connectivity index (χ3v) is 2.01. The summed E-state index contributed by atoms with van der Waals surface area (Å²) in [4.78, 5) is 9.60. The molecule has 0 amide bonds. The molecule has 0 unspecified atom stereocenters. The summed E-state index contributed by atoms with van der Waals surface area (Å²) in [6.45, 7) is 8.37. The maximum absolute atomic E-state index is 9.60. The molecule has 0 radical (unpaired) electrons. The van der Waals surface area contributed by atoms with E-state index in [-0.39, 0.29) is 5.60 Å². The number of alkyl halides is 1. The van der Waals surface area contributed by atoms with Crippen LogP contribution in [-0.2, 0) is 9.53 Å². The molecular weight excluding hydrogens is 269 g/mol. The van der Waals surface area contributed by atoms with Crippen LogP contribution in [0.2, 0.25) is 0 Å².